The van der Waals surface area contributed by atoms with Crippen molar-refractivity contribution >= 4 is 21.7 Å². The number of carbonyl (C=O) groups excluding carboxylic acids is 1. The molecule has 0 unspecified atom stereocenters. The first kappa shape index (κ1) is 12.7. The van der Waals surface area contributed by atoms with Crippen molar-refractivity contribution in [1.29, 1.82) is 0 Å². The van der Waals surface area contributed by atoms with Gasteiger partial charge in [0.25, 0.3) is 0 Å². The van der Waals surface area contributed by atoms with E-state index in [2.05, 4.69) is 20.9 Å². The van der Waals surface area contributed by atoms with Crippen LogP contribution in [0.2, 0.25) is 0 Å². The number of ether oxygens (including phenoxy) is 1. The van der Waals surface area contributed by atoms with Gasteiger partial charge in [-0.25, -0.2) is 9.37 Å². The van der Waals surface area contributed by atoms with Crippen LogP contribution >= 0.6 is 15.9 Å². The molecule has 0 amide bonds. The molecule has 3 nitrogen and oxygen atoms in total. The van der Waals surface area contributed by atoms with E-state index in [1.165, 1.54) is 31.3 Å². The summed E-state index contributed by atoms with van der Waals surface area (Å²) in [4.78, 5) is 15.0. The maximum Gasteiger partial charge on any atom is 0.178 e. The Morgan fingerprint density at radius 3 is 2.67 bits per heavy atom. The summed E-state index contributed by atoms with van der Waals surface area (Å²) in [6.45, 7) is 1.43. The van der Waals surface area contributed by atoms with Crippen LogP contribution in [0.3, 0.4) is 0 Å². The van der Waals surface area contributed by atoms with Gasteiger partial charge in [0.05, 0.1) is 6.20 Å². The molecule has 92 valence electrons. The Hall–Kier alpha value is -1.75. The van der Waals surface area contributed by atoms with Crippen LogP contribution in [-0.2, 0) is 0 Å². The topological polar surface area (TPSA) is 39.2 Å². The van der Waals surface area contributed by atoms with Gasteiger partial charge in [0.1, 0.15) is 11.4 Å². The maximum atomic E-state index is 13.5. The minimum absolute atomic E-state index is 0.107. The molecule has 0 fully saturated rings. The molecule has 1 aromatic carbocycles. The van der Waals surface area contributed by atoms with Crippen molar-refractivity contribution in [2.75, 3.05) is 0 Å². The van der Waals surface area contributed by atoms with E-state index in [9.17, 15) is 9.18 Å². The average Bonchev–Trinajstić information content (AvgIpc) is 2.33. The number of Topliss-reactive ketones (excluding diaryl/α,β-unsaturated/α-hetero) is 1. The molecule has 0 saturated heterocycles. The second-order valence-corrected chi connectivity index (χ2v) is 4.53. The Kier molecular flexibility index (Phi) is 3.72. The molecule has 2 rings (SSSR count). The zero-order chi connectivity index (χ0) is 13.1. The fourth-order valence-electron chi connectivity index (χ4n) is 1.33. The summed E-state index contributed by atoms with van der Waals surface area (Å²) in [7, 11) is 0. The quantitative estimate of drug-likeness (QED) is 0.805. The third-order valence-electron chi connectivity index (χ3n) is 2.22. The molecule has 1 heterocycles. The SMILES string of the molecule is CC(=O)c1ccc(Oc2ccc(Br)cc2F)cn1. The molecule has 0 bridgehead atoms. The molecular formula is C13H9BrFNO2. The number of pyridine rings is 1. The highest BCUT2D eigenvalue weighted by molar-refractivity contribution is 9.10. The second kappa shape index (κ2) is 5.27. The van der Waals surface area contributed by atoms with Gasteiger partial charge in [0.15, 0.2) is 17.3 Å². The largest absolute Gasteiger partial charge is 0.453 e. The number of benzene rings is 1. The number of hydrogen-bond donors (Lipinski definition) is 0. The van der Waals surface area contributed by atoms with Crippen molar-refractivity contribution in [3.63, 3.8) is 0 Å². The molecule has 0 spiro atoms. The van der Waals surface area contributed by atoms with E-state index in [0.29, 0.717) is 15.9 Å². The maximum absolute atomic E-state index is 13.5. The van der Waals surface area contributed by atoms with E-state index in [1.807, 2.05) is 0 Å². The van der Waals surface area contributed by atoms with E-state index in [0.717, 1.165) is 0 Å². The van der Waals surface area contributed by atoms with Gasteiger partial charge in [-0.3, -0.25) is 4.79 Å². The number of ketones is 1. The lowest BCUT2D eigenvalue weighted by Gasteiger charge is -2.06. The van der Waals surface area contributed by atoms with Gasteiger partial charge in [-0.15, -0.1) is 0 Å². The number of hydrogen-bond acceptors (Lipinski definition) is 3. The first-order valence-electron chi connectivity index (χ1n) is 5.16. The molecule has 5 heteroatoms. The minimum Gasteiger partial charge on any atom is -0.453 e. The summed E-state index contributed by atoms with van der Waals surface area (Å²) in [5.74, 6) is -0.117. The van der Waals surface area contributed by atoms with Crippen molar-refractivity contribution < 1.29 is 13.9 Å². The van der Waals surface area contributed by atoms with E-state index in [1.54, 1.807) is 12.1 Å². The van der Waals surface area contributed by atoms with Gasteiger partial charge in [-0.2, -0.15) is 0 Å². The van der Waals surface area contributed by atoms with Crippen molar-refractivity contribution in [2.45, 2.75) is 6.92 Å². The third kappa shape index (κ3) is 2.92. The van der Waals surface area contributed by atoms with E-state index in [-0.39, 0.29) is 11.5 Å². The summed E-state index contributed by atoms with van der Waals surface area (Å²) in [5, 5.41) is 0. The van der Waals surface area contributed by atoms with Crippen molar-refractivity contribution in [3.8, 4) is 11.5 Å². The van der Waals surface area contributed by atoms with E-state index >= 15 is 0 Å². The first-order chi connectivity index (χ1) is 8.56. The predicted molar refractivity (Wildman–Crippen MR) is 68.4 cm³/mol. The van der Waals surface area contributed by atoms with Crippen molar-refractivity contribution in [3.05, 3.63) is 52.5 Å². The van der Waals surface area contributed by atoms with Crippen LogP contribution in [0.25, 0.3) is 0 Å². The van der Waals surface area contributed by atoms with Gasteiger partial charge in [0.2, 0.25) is 0 Å². The molecular weight excluding hydrogens is 301 g/mol. The van der Waals surface area contributed by atoms with Crippen LogP contribution in [0, 0.1) is 5.82 Å². The van der Waals surface area contributed by atoms with Crippen LogP contribution in [0.15, 0.2) is 41.0 Å². The molecule has 0 aliphatic rings. The standard InChI is InChI=1S/C13H9BrFNO2/c1-8(17)12-4-3-10(7-16-12)18-13-5-2-9(14)6-11(13)15/h2-7H,1H3. The van der Waals surface area contributed by atoms with Crippen LogP contribution < -0.4 is 4.74 Å². The summed E-state index contributed by atoms with van der Waals surface area (Å²) in [5.41, 5.74) is 0.346. The van der Waals surface area contributed by atoms with Gasteiger partial charge in [0, 0.05) is 11.4 Å². The van der Waals surface area contributed by atoms with Crippen molar-refractivity contribution in [1.82, 2.24) is 4.98 Å². The Bertz CT molecular complexity index is 584. The van der Waals surface area contributed by atoms with Crippen LogP contribution in [0.1, 0.15) is 17.4 Å². The highest BCUT2D eigenvalue weighted by atomic mass is 79.9. The van der Waals surface area contributed by atoms with Gasteiger partial charge in [-0.05, 0) is 30.3 Å². The van der Waals surface area contributed by atoms with Gasteiger partial charge < -0.3 is 4.74 Å². The molecule has 0 aliphatic carbocycles. The summed E-state index contributed by atoms with van der Waals surface area (Å²) < 4.78 is 19.5. The Morgan fingerprint density at radius 2 is 2.11 bits per heavy atom. The number of halogens is 2. The molecule has 0 radical (unpaired) electrons. The monoisotopic (exact) mass is 309 g/mol. The predicted octanol–water partition coefficient (Wildman–Crippen LogP) is 3.98. The molecule has 0 saturated carbocycles. The van der Waals surface area contributed by atoms with Gasteiger partial charge >= 0.3 is 0 Å². The third-order valence-corrected chi connectivity index (χ3v) is 2.71. The normalized spacial score (nSPS) is 10.2. The van der Waals surface area contributed by atoms with Gasteiger partial charge in [-0.1, -0.05) is 15.9 Å². The number of rotatable bonds is 3. The molecule has 0 N–H and O–H groups in total. The summed E-state index contributed by atoms with van der Waals surface area (Å²) in [6.07, 6.45) is 1.39. The molecule has 18 heavy (non-hydrogen) atoms. The highest BCUT2D eigenvalue weighted by Gasteiger charge is 2.06. The van der Waals surface area contributed by atoms with Crippen LogP contribution in [0.5, 0.6) is 11.5 Å². The summed E-state index contributed by atoms with van der Waals surface area (Å²) in [6, 6.07) is 7.61. The van der Waals surface area contributed by atoms with Crippen molar-refractivity contribution in [2.24, 2.45) is 0 Å². The number of nitrogens with zero attached hydrogens (tertiary/aromatic N) is 1. The van der Waals surface area contributed by atoms with E-state index < -0.39 is 5.82 Å². The lowest BCUT2D eigenvalue weighted by Crippen LogP contribution is -1.96. The number of carbonyl (C=O) groups is 1. The molecule has 1 aromatic heterocycles. The smallest absolute Gasteiger partial charge is 0.178 e. The Balaban J connectivity index is 2.21. The lowest BCUT2D eigenvalue weighted by atomic mass is 10.3. The molecule has 2 aromatic rings. The zero-order valence-corrected chi connectivity index (χ0v) is 11.1. The highest BCUT2D eigenvalue weighted by Crippen LogP contribution is 2.26. The fourth-order valence-corrected chi connectivity index (χ4v) is 1.67. The Labute approximate surface area is 112 Å². The average molecular weight is 310 g/mol. The number of aromatic nitrogens is 1. The second-order valence-electron chi connectivity index (χ2n) is 3.61. The Morgan fingerprint density at radius 1 is 1.33 bits per heavy atom. The lowest BCUT2D eigenvalue weighted by molar-refractivity contribution is 0.101. The molecule has 0 aliphatic heterocycles. The first-order valence-corrected chi connectivity index (χ1v) is 5.95. The minimum atomic E-state index is -0.472. The summed E-state index contributed by atoms with van der Waals surface area (Å²) >= 11 is 3.16. The van der Waals surface area contributed by atoms with Crippen LogP contribution in [0.4, 0.5) is 4.39 Å². The molecule has 0 atom stereocenters. The van der Waals surface area contributed by atoms with E-state index in [4.69, 9.17) is 4.74 Å². The van der Waals surface area contributed by atoms with Crippen LogP contribution in [-0.4, -0.2) is 10.8 Å². The fraction of sp³-hybridized carbons (Fsp3) is 0.0769. The zero-order valence-electron chi connectivity index (χ0n) is 9.48.